The summed E-state index contributed by atoms with van der Waals surface area (Å²) >= 11 is 0. The number of rotatable bonds is 10. The van der Waals surface area contributed by atoms with Gasteiger partial charge in [-0.1, -0.05) is 86.6 Å². The van der Waals surface area contributed by atoms with Gasteiger partial charge in [-0.25, -0.2) is 4.79 Å². The standard InChI is InChI=1S/C27H31N3O4/c1-18(2)14-24(30-27(33)34-17-19-8-4-3-5-9-19)26(32)29-23(25(28)31)16-20-12-13-21-10-6-7-11-22(21)15-20/h3-13,15,18,23-24H,14,16-17H2,1-2H3,(H2,28,31)(H,29,32)(H,30,33)/t23-,24+/m1/s1. The topological polar surface area (TPSA) is 111 Å². The zero-order valence-corrected chi connectivity index (χ0v) is 19.5. The third-order valence-electron chi connectivity index (χ3n) is 5.44. The minimum Gasteiger partial charge on any atom is -0.445 e. The number of carbonyl (C=O) groups excluding carboxylic acids is 3. The van der Waals surface area contributed by atoms with Crippen molar-refractivity contribution in [3.8, 4) is 0 Å². The van der Waals surface area contributed by atoms with Crippen LogP contribution >= 0.6 is 0 Å². The molecule has 178 valence electrons. The molecule has 3 rings (SSSR count). The fourth-order valence-electron chi connectivity index (χ4n) is 3.71. The predicted molar refractivity (Wildman–Crippen MR) is 132 cm³/mol. The van der Waals surface area contributed by atoms with E-state index in [2.05, 4.69) is 10.6 Å². The van der Waals surface area contributed by atoms with E-state index in [1.165, 1.54) is 0 Å². The summed E-state index contributed by atoms with van der Waals surface area (Å²) in [6.07, 6.45) is -0.0678. The van der Waals surface area contributed by atoms with Gasteiger partial charge < -0.3 is 21.1 Å². The Balaban J connectivity index is 1.64. The molecule has 0 unspecified atom stereocenters. The summed E-state index contributed by atoms with van der Waals surface area (Å²) in [5, 5.41) is 7.46. The van der Waals surface area contributed by atoms with Gasteiger partial charge in [-0.3, -0.25) is 9.59 Å². The lowest BCUT2D eigenvalue weighted by atomic mass is 10.00. The summed E-state index contributed by atoms with van der Waals surface area (Å²) in [7, 11) is 0. The van der Waals surface area contributed by atoms with E-state index in [0.29, 0.717) is 6.42 Å². The van der Waals surface area contributed by atoms with Crippen molar-refractivity contribution in [1.29, 1.82) is 0 Å². The second-order valence-electron chi connectivity index (χ2n) is 8.74. The van der Waals surface area contributed by atoms with Crippen molar-refractivity contribution < 1.29 is 19.1 Å². The van der Waals surface area contributed by atoms with Crippen molar-refractivity contribution in [2.24, 2.45) is 11.7 Å². The van der Waals surface area contributed by atoms with E-state index in [-0.39, 0.29) is 18.9 Å². The van der Waals surface area contributed by atoms with Crippen LogP contribution in [-0.4, -0.2) is 30.0 Å². The SMILES string of the molecule is CC(C)C[C@H](NC(=O)OCc1ccccc1)C(=O)N[C@H](Cc1ccc2ccccc2c1)C(N)=O. The molecule has 0 saturated heterocycles. The van der Waals surface area contributed by atoms with Crippen molar-refractivity contribution in [3.63, 3.8) is 0 Å². The normalized spacial score (nSPS) is 12.7. The number of benzene rings is 3. The molecule has 7 heteroatoms. The summed E-state index contributed by atoms with van der Waals surface area (Å²) in [5.41, 5.74) is 7.31. The average molecular weight is 462 g/mol. The lowest BCUT2D eigenvalue weighted by molar-refractivity contribution is -0.128. The third-order valence-corrected chi connectivity index (χ3v) is 5.44. The number of primary amides is 1. The fourth-order valence-corrected chi connectivity index (χ4v) is 3.71. The zero-order valence-electron chi connectivity index (χ0n) is 19.5. The van der Waals surface area contributed by atoms with Crippen LogP contribution in [0.4, 0.5) is 4.79 Å². The van der Waals surface area contributed by atoms with Gasteiger partial charge in [0.25, 0.3) is 0 Å². The van der Waals surface area contributed by atoms with Gasteiger partial charge in [0.1, 0.15) is 18.7 Å². The quantitative estimate of drug-likeness (QED) is 0.428. The molecule has 2 atom stereocenters. The molecule has 0 saturated carbocycles. The first-order valence-corrected chi connectivity index (χ1v) is 11.4. The minimum atomic E-state index is -0.912. The number of amides is 3. The Kier molecular flexibility index (Phi) is 8.62. The monoisotopic (exact) mass is 461 g/mol. The van der Waals surface area contributed by atoms with Gasteiger partial charge in [0.05, 0.1) is 0 Å². The molecule has 0 spiro atoms. The molecule has 4 N–H and O–H groups in total. The van der Waals surface area contributed by atoms with E-state index >= 15 is 0 Å². The molecule has 3 aromatic rings. The van der Waals surface area contributed by atoms with Crippen LogP contribution in [0.2, 0.25) is 0 Å². The summed E-state index contributed by atoms with van der Waals surface area (Å²) in [6.45, 7) is 3.98. The zero-order chi connectivity index (χ0) is 24.5. The third kappa shape index (κ3) is 7.33. The van der Waals surface area contributed by atoms with E-state index in [4.69, 9.17) is 10.5 Å². The van der Waals surface area contributed by atoms with Gasteiger partial charge in [-0.2, -0.15) is 0 Å². The Morgan fingerprint density at radius 2 is 1.50 bits per heavy atom. The molecule has 3 aromatic carbocycles. The maximum absolute atomic E-state index is 13.0. The Morgan fingerprint density at radius 3 is 2.18 bits per heavy atom. The number of ether oxygens (including phenoxy) is 1. The highest BCUT2D eigenvalue weighted by atomic mass is 16.5. The number of fused-ring (bicyclic) bond motifs is 1. The molecular formula is C27H31N3O4. The van der Waals surface area contributed by atoms with Crippen LogP contribution in [0.3, 0.4) is 0 Å². The number of alkyl carbamates (subject to hydrolysis) is 1. The van der Waals surface area contributed by atoms with Gasteiger partial charge in [-0.15, -0.1) is 0 Å². The number of hydrogen-bond donors (Lipinski definition) is 3. The largest absolute Gasteiger partial charge is 0.445 e. The molecule has 3 amide bonds. The molecule has 0 bridgehead atoms. The highest BCUT2D eigenvalue weighted by Crippen LogP contribution is 2.17. The number of nitrogens with one attached hydrogen (secondary N) is 2. The highest BCUT2D eigenvalue weighted by Gasteiger charge is 2.27. The molecule has 0 aromatic heterocycles. The predicted octanol–water partition coefficient (Wildman–Crippen LogP) is 3.69. The second kappa shape index (κ2) is 11.8. The summed E-state index contributed by atoms with van der Waals surface area (Å²) in [4.78, 5) is 37.5. The first kappa shape index (κ1) is 24.8. The Labute approximate surface area is 199 Å². The first-order valence-electron chi connectivity index (χ1n) is 11.4. The van der Waals surface area contributed by atoms with Gasteiger partial charge in [0.2, 0.25) is 11.8 Å². The lowest BCUT2D eigenvalue weighted by Crippen LogP contribution is -2.54. The molecule has 0 aliphatic rings. The van der Waals surface area contributed by atoms with E-state index in [0.717, 1.165) is 21.9 Å². The molecule has 0 heterocycles. The van der Waals surface area contributed by atoms with Crippen LogP contribution < -0.4 is 16.4 Å². The van der Waals surface area contributed by atoms with E-state index < -0.39 is 30.0 Å². The smallest absolute Gasteiger partial charge is 0.408 e. The van der Waals surface area contributed by atoms with Crippen LogP contribution in [0.1, 0.15) is 31.4 Å². The molecule has 0 aliphatic carbocycles. The number of carbonyl (C=O) groups is 3. The maximum Gasteiger partial charge on any atom is 0.408 e. The van der Waals surface area contributed by atoms with Crippen LogP contribution in [0, 0.1) is 5.92 Å². The van der Waals surface area contributed by atoms with Crippen molar-refractivity contribution in [2.75, 3.05) is 0 Å². The minimum absolute atomic E-state index is 0.0918. The second-order valence-corrected chi connectivity index (χ2v) is 8.74. The average Bonchev–Trinajstić information content (AvgIpc) is 2.82. The maximum atomic E-state index is 13.0. The Bertz CT molecular complexity index is 1130. The fraction of sp³-hybridized carbons (Fsp3) is 0.296. The van der Waals surface area contributed by atoms with Gasteiger partial charge in [0.15, 0.2) is 0 Å². The van der Waals surface area contributed by atoms with Gasteiger partial charge in [-0.05, 0) is 34.2 Å². The Morgan fingerprint density at radius 1 is 0.824 bits per heavy atom. The first-order chi connectivity index (χ1) is 16.3. The van der Waals surface area contributed by atoms with Crippen molar-refractivity contribution in [3.05, 3.63) is 83.9 Å². The van der Waals surface area contributed by atoms with E-state index in [1.54, 1.807) is 0 Å². The molecule has 7 nitrogen and oxygen atoms in total. The highest BCUT2D eigenvalue weighted by molar-refractivity contribution is 5.91. The van der Waals surface area contributed by atoms with Crippen LogP contribution in [0.5, 0.6) is 0 Å². The summed E-state index contributed by atoms with van der Waals surface area (Å²) < 4.78 is 5.26. The molecule has 34 heavy (non-hydrogen) atoms. The van der Waals surface area contributed by atoms with Crippen molar-refractivity contribution in [1.82, 2.24) is 10.6 Å². The number of nitrogens with two attached hydrogens (primary N) is 1. The van der Waals surface area contributed by atoms with E-state index in [1.807, 2.05) is 86.6 Å². The van der Waals surface area contributed by atoms with Crippen LogP contribution in [0.15, 0.2) is 72.8 Å². The molecule has 0 radical (unpaired) electrons. The van der Waals surface area contributed by atoms with Crippen molar-refractivity contribution in [2.45, 2.75) is 45.4 Å². The van der Waals surface area contributed by atoms with Crippen LogP contribution in [0.25, 0.3) is 10.8 Å². The summed E-state index contributed by atoms with van der Waals surface area (Å²) in [5.74, 6) is -0.996. The van der Waals surface area contributed by atoms with Crippen molar-refractivity contribution >= 4 is 28.7 Å². The summed E-state index contributed by atoms with van der Waals surface area (Å²) in [6, 6.07) is 21.2. The van der Waals surface area contributed by atoms with E-state index in [9.17, 15) is 14.4 Å². The Hall–Kier alpha value is -3.87. The lowest BCUT2D eigenvalue weighted by Gasteiger charge is -2.23. The van der Waals surface area contributed by atoms with Gasteiger partial charge in [0, 0.05) is 6.42 Å². The molecule has 0 aliphatic heterocycles. The van der Waals surface area contributed by atoms with Crippen LogP contribution in [-0.2, 0) is 27.4 Å². The molecule has 0 fully saturated rings. The molecular weight excluding hydrogens is 430 g/mol. The number of hydrogen-bond acceptors (Lipinski definition) is 4. The van der Waals surface area contributed by atoms with Gasteiger partial charge >= 0.3 is 6.09 Å².